The van der Waals surface area contributed by atoms with E-state index >= 15 is 0 Å². The molecule has 0 spiro atoms. The third-order valence-electron chi connectivity index (χ3n) is 2.81. The Labute approximate surface area is 113 Å². The van der Waals surface area contributed by atoms with E-state index in [-0.39, 0.29) is 11.1 Å². The molecule has 5 heteroatoms. The molecule has 0 atom stereocenters. The van der Waals surface area contributed by atoms with Crippen LogP contribution in [0.25, 0.3) is 0 Å². The number of ketones is 1. The number of methoxy groups -OCH3 is 1. The molecular formula is C15H11F3O2. The molecule has 0 radical (unpaired) electrons. The Hall–Kier alpha value is -2.30. The first kappa shape index (κ1) is 14.1. The third-order valence-corrected chi connectivity index (χ3v) is 2.81. The molecule has 20 heavy (non-hydrogen) atoms. The second kappa shape index (κ2) is 5.36. The van der Waals surface area contributed by atoms with E-state index in [9.17, 15) is 18.0 Å². The number of carbonyl (C=O) groups excluding carboxylic acids is 1. The van der Waals surface area contributed by atoms with E-state index in [1.54, 1.807) is 12.1 Å². The van der Waals surface area contributed by atoms with Crippen LogP contribution in [0.1, 0.15) is 21.5 Å². The first-order chi connectivity index (χ1) is 9.43. The number of alkyl halides is 3. The number of rotatable bonds is 3. The summed E-state index contributed by atoms with van der Waals surface area (Å²) < 4.78 is 43.6. The van der Waals surface area contributed by atoms with Gasteiger partial charge in [-0.25, -0.2) is 0 Å². The van der Waals surface area contributed by atoms with Crippen LogP contribution in [0.4, 0.5) is 13.2 Å². The Balaban J connectivity index is 2.48. The molecule has 0 aliphatic heterocycles. The minimum absolute atomic E-state index is 0.154. The molecule has 0 fully saturated rings. The van der Waals surface area contributed by atoms with Crippen LogP contribution in [-0.2, 0) is 6.18 Å². The van der Waals surface area contributed by atoms with Crippen molar-refractivity contribution in [3.05, 3.63) is 65.2 Å². The van der Waals surface area contributed by atoms with Gasteiger partial charge in [0.2, 0.25) is 0 Å². The summed E-state index contributed by atoms with van der Waals surface area (Å²) in [5, 5.41) is 0. The molecule has 2 rings (SSSR count). The standard InChI is InChI=1S/C15H11F3O2/c1-20-11-6-4-5-10(9-11)14(19)12-7-2-3-8-13(12)15(16,17)18/h2-9H,1H3. The fourth-order valence-corrected chi connectivity index (χ4v) is 1.85. The van der Waals surface area contributed by atoms with Crippen molar-refractivity contribution >= 4 is 5.78 Å². The van der Waals surface area contributed by atoms with Crippen molar-refractivity contribution in [2.24, 2.45) is 0 Å². The van der Waals surface area contributed by atoms with Crippen LogP contribution in [-0.4, -0.2) is 12.9 Å². The number of hydrogen-bond donors (Lipinski definition) is 0. The Morgan fingerprint density at radius 2 is 1.75 bits per heavy atom. The Bertz CT molecular complexity index is 633. The first-order valence-corrected chi connectivity index (χ1v) is 5.78. The molecular weight excluding hydrogens is 269 g/mol. The second-order valence-corrected chi connectivity index (χ2v) is 4.10. The molecule has 0 aromatic heterocycles. The maximum Gasteiger partial charge on any atom is 0.417 e. The van der Waals surface area contributed by atoms with Gasteiger partial charge < -0.3 is 4.74 Å². The van der Waals surface area contributed by atoms with E-state index in [2.05, 4.69) is 0 Å². The predicted octanol–water partition coefficient (Wildman–Crippen LogP) is 3.95. The van der Waals surface area contributed by atoms with Gasteiger partial charge in [0.1, 0.15) is 5.75 Å². The fraction of sp³-hybridized carbons (Fsp3) is 0.133. The summed E-state index contributed by atoms with van der Waals surface area (Å²) in [7, 11) is 1.42. The van der Waals surface area contributed by atoms with Gasteiger partial charge in [-0.1, -0.05) is 30.3 Å². The number of halogens is 3. The van der Waals surface area contributed by atoms with Crippen LogP contribution >= 0.6 is 0 Å². The summed E-state index contributed by atoms with van der Waals surface area (Å²) >= 11 is 0. The lowest BCUT2D eigenvalue weighted by Gasteiger charge is -2.12. The largest absolute Gasteiger partial charge is 0.497 e. The topological polar surface area (TPSA) is 26.3 Å². The van der Waals surface area contributed by atoms with E-state index < -0.39 is 17.5 Å². The van der Waals surface area contributed by atoms with E-state index in [1.165, 1.54) is 37.4 Å². The van der Waals surface area contributed by atoms with Crippen LogP contribution in [0.3, 0.4) is 0 Å². The summed E-state index contributed by atoms with van der Waals surface area (Å²) in [6.45, 7) is 0. The third kappa shape index (κ3) is 2.82. The number of benzene rings is 2. The van der Waals surface area contributed by atoms with Crippen molar-refractivity contribution in [3.8, 4) is 5.75 Å². The summed E-state index contributed by atoms with van der Waals surface area (Å²) in [5.41, 5.74) is -1.15. The highest BCUT2D eigenvalue weighted by Gasteiger charge is 2.34. The molecule has 2 nitrogen and oxygen atoms in total. The van der Waals surface area contributed by atoms with Crippen molar-refractivity contribution in [3.63, 3.8) is 0 Å². The minimum atomic E-state index is -4.56. The van der Waals surface area contributed by atoms with Gasteiger partial charge >= 0.3 is 6.18 Å². The van der Waals surface area contributed by atoms with Gasteiger partial charge in [-0.15, -0.1) is 0 Å². The molecule has 0 amide bonds. The van der Waals surface area contributed by atoms with E-state index in [1.807, 2.05) is 0 Å². The first-order valence-electron chi connectivity index (χ1n) is 5.78. The molecule has 0 bridgehead atoms. The smallest absolute Gasteiger partial charge is 0.417 e. The summed E-state index contributed by atoms with van der Waals surface area (Å²) in [5.74, 6) is -0.267. The second-order valence-electron chi connectivity index (χ2n) is 4.10. The lowest BCUT2D eigenvalue weighted by atomic mass is 9.98. The van der Waals surface area contributed by atoms with Gasteiger partial charge in [-0.2, -0.15) is 13.2 Å². The monoisotopic (exact) mass is 280 g/mol. The highest BCUT2D eigenvalue weighted by molar-refractivity contribution is 6.10. The molecule has 0 aliphatic carbocycles. The minimum Gasteiger partial charge on any atom is -0.497 e. The van der Waals surface area contributed by atoms with Crippen molar-refractivity contribution in [1.29, 1.82) is 0 Å². The van der Waals surface area contributed by atoms with Crippen LogP contribution in [0.15, 0.2) is 48.5 Å². The van der Waals surface area contributed by atoms with Gasteiger partial charge in [0.25, 0.3) is 0 Å². The zero-order valence-corrected chi connectivity index (χ0v) is 10.6. The van der Waals surface area contributed by atoms with Crippen LogP contribution in [0.2, 0.25) is 0 Å². The quantitative estimate of drug-likeness (QED) is 0.796. The molecule has 0 heterocycles. The molecule has 0 saturated heterocycles. The Kier molecular flexibility index (Phi) is 3.79. The van der Waals surface area contributed by atoms with Crippen LogP contribution < -0.4 is 4.74 Å². The lowest BCUT2D eigenvalue weighted by molar-refractivity contribution is -0.137. The molecule has 0 unspecified atom stereocenters. The average molecular weight is 280 g/mol. The lowest BCUT2D eigenvalue weighted by Crippen LogP contribution is -2.13. The highest BCUT2D eigenvalue weighted by atomic mass is 19.4. The summed E-state index contributed by atoms with van der Waals surface area (Å²) in [6.07, 6.45) is -4.56. The maximum absolute atomic E-state index is 12.9. The molecule has 0 aliphatic rings. The average Bonchev–Trinajstić information content (AvgIpc) is 2.45. The van der Waals surface area contributed by atoms with E-state index in [0.29, 0.717) is 5.75 Å². The maximum atomic E-state index is 12.9. The van der Waals surface area contributed by atoms with Crippen molar-refractivity contribution < 1.29 is 22.7 Å². The fourth-order valence-electron chi connectivity index (χ4n) is 1.85. The predicted molar refractivity (Wildman–Crippen MR) is 67.9 cm³/mol. The van der Waals surface area contributed by atoms with Gasteiger partial charge in [-0.3, -0.25) is 4.79 Å². The van der Waals surface area contributed by atoms with Gasteiger partial charge in [0.15, 0.2) is 5.78 Å². The van der Waals surface area contributed by atoms with Gasteiger partial charge in [0.05, 0.1) is 12.7 Å². The normalized spacial score (nSPS) is 11.2. The SMILES string of the molecule is COc1cccc(C(=O)c2ccccc2C(F)(F)F)c1. The molecule has 0 saturated carbocycles. The number of ether oxygens (including phenoxy) is 1. The van der Waals surface area contributed by atoms with Gasteiger partial charge in [0, 0.05) is 11.1 Å². The molecule has 104 valence electrons. The highest BCUT2D eigenvalue weighted by Crippen LogP contribution is 2.33. The van der Waals surface area contributed by atoms with Crippen molar-refractivity contribution in [1.82, 2.24) is 0 Å². The van der Waals surface area contributed by atoms with Crippen LogP contribution in [0, 0.1) is 0 Å². The van der Waals surface area contributed by atoms with Crippen molar-refractivity contribution in [2.45, 2.75) is 6.18 Å². The van der Waals surface area contributed by atoms with Gasteiger partial charge in [-0.05, 0) is 18.2 Å². The molecule has 0 N–H and O–H groups in total. The summed E-state index contributed by atoms with van der Waals surface area (Å²) in [6, 6.07) is 10.8. The Morgan fingerprint density at radius 1 is 1.05 bits per heavy atom. The van der Waals surface area contributed by atoms with Crippen molar-refractivity contribution in [2.75, 3.05) is 7.11 Å². The van der Waals surface area contributed by atoms with E-state index in [4.69, 9.17) is 4.74 Å². The molecule has 2 aromatic rings. The number of carbonyl (C=O) groups is 1. The Morgan fingerprint density at radius 3 is 2.40 bits per heavy atom. The summed E-state index contributed by atoms with van der Waals surface area (Å²) in [4.78, 5) is 12.2. The number of hydrogen-bond acceptors (Lipinski definition) is 2. The van der Waals surface area contributed by atoms with E-state index in [0.717, 1.165) is 6.07 Å². The zero-order chi connectivity index (χ0) is 14.8. The van der Waals surface area contributed by atoms with Crippen LogP contribution in [0.5, 0.6) is 5.75 Å². The molecule has 2 aromatic carbocycles. The zero-order valence-electron chi connectivity index (χ0n) is 10.6.